The first kappa shape index (κ1) is 52.6. The second-order valence-electron chi connectivity index (χ2n) is 14.4. The molecule has 2 unspecified atom stereocenters. The Morgan fingerprint density at radius 2 is 0.500 bits per heavy atom. The van der Waals surface area contributed by atoms with Gasteiger partial charge in [-0.15, -0.1) is 0 Å². The monoisotopic (exact) mass is 837 g/mol. The van der Waals surface area contributed by atoms with Crippen LogP contribution in [0.4, 0.5) is 0 Å². The fourth-order valence-electron chi connectivity index (χ4n) is 6.10. The first-order valence-electron chi connectivity index (χ1n) is 22.3. The third kappa shape index (κ3) is 36.3. The predicted molar refractivity (Wildman–Crippen MR) is 218 cm³/mol. The molecule has 0 aromatic heterocycles. The molecule has 2 N–H and O–H groups in total. The molecule has 58 heavy (non-hydrogen) atoms. The molecule has 2 heterocycles. The number of carbonyl (C=O) groups is 2. The Hall–Kier alpha value is -1.54. The van der Waals surface area contributed by atoms with Gasteiger partial charge in [-0.25, -0.2) is 0 Å². The van der Waals surface area contributed by atoms with E-state index in [4.69, 9.17) is 56.8 Å². The van der Waals surface area contributed by atoms with Crippen molar-refractivity contribution in [2.75, 3.05) is 145 Å². The van der Waals surface area contributed by atoms with Gasteiger partial charge in [-0.05, 0) is 12.8 Å². The lowest BCUT2D eigenvalue weighted by Gasteiger charge is -2.20. The summed E-state index contributed by atoms with van der Waals surface area (Å²) in [5.41, 5.74) is 0. The lowest BCUT2D eigenvalue weighted by molar-refractivity contribution is -0.130. The van der Waals surface area contributed by atoms with Gasteiger partial charge in [-0.3, -0.25) is 9.59 Å². The molecule has 0 aromatic carbocycles. The molecule has 2 saturated heterocycles. The smallest absolute Gasteiger partial charge is 0.222 e. The maximum Gasteiger partial charge on any atom is 0.222 e. The van der Waals surface area contributed by atoms with Gasteiger partial charge in [-0.1, -0.05) is 77.0 Å². The maximum absolute atomic E-state index is 12.6. The summed E-state index contributed by atoms with van der Waals surface area (Å²) in [7, 11) is 0. The van der Waals surface area contributed by atoms with Gasteiger partial charge in [0.2, 0.25) is 11.8 Å². The van der Waals surface area contributed by atoms with Crippen molar-refractivity contribution in [3.8, 4) is 0 Å². The lowest BCUT2D eigenvalue weighted by Crippen LogP contribution is -2.41. The third-order valence-electron chi connectivity index (χ3n) is 9.31. The fraction of sp³-hybridized carbons (Fsp3) is 0.952. The summed E-state index contributed by atoms with van der Waals surface area (Å²) in [4.78, 5) is 25.2. The van der Waals surface area contributed by atoms with E-state index in [0.717, 1.165) is 38.5 Å². The van der Waals surface area contributed by atoms with Crippen LogP contribution in [0.2, 0.25) is 0 Å². The van der Waals surface area contributed by atoms with E-state index >= 15 is 0 Å². The molecule has 0 radical (unpaired) electrons. The van der Waals surface area contributed by atoms with E-state index in [1.807, 2.05) is 0 Å². The summed E-state index contributed by atoms with van der Waals surface area (Å²) in [6, 6.07) is 0. The molecule has 2 atom stereocenters. The topological polar surface area (TPSA) is 169 Å². The van der Waals surface area contributed by atoms with Crippen LogP contribution in [0.15, 0.2) is 0 Å². The highest BCUT2D eigenvalue weighted by atomic mass is 16.6. The van der Waals surface area contributed by atoms with E-state index in [2.05, 4.69) is 10.6 Å². The van der Waals surface area contributed by atoms with E-state index in [-0.39, 0.29) is 25.0 Å². The van der Waals surface area contributed by atoms with Crippen LogP contribution in [0.3, 0.4) is 0 Å². The first-order valence-corrected chi connectivity index (χ1v) is 22.3. The summed E-state index contributed by atoms with van der Waals surface area (Å²) >= 11 is 0. The lowest BCUT2D eigenvalue weighted by atomic mass is 10.0. The van der Waals surface area contributed by atoms with Crippen molar-refractivity contribution in [1.82, 2.24) is 10.6 Å². The molecule has 0 aromatic rings. The van der Waals surface area contributed by atoms with Crippen LogP contribution in [0.5, 0.6) is 0 Å². The number of rotatable bonds is 19. The zero-order valence-corrected chi connectivity index (χ0v) is 35.7. The standard InChI is InChI=1S/C42H80N2O14/c45-39(43-41-37-55-31-29-51-23-21-47-17-19-49-25-27-53-33-35-57-41)15-13-11-9-7-5-3-1-2-4-6-8-10-12-14-16-40(46)44-42-38-56-32-30-52-24-22-48-18-20-50-26-28-54-34-36-58-42/h41-42H,1-38H2,(H,43,45)(H,44,46). The second-order valence-corrected chi connectivity index (χ2v) is 14.4. The normalized spacial score (nSPS) is 22.1. The predicted octanol–water partition coefficient (Wildman–Crippen LogP) is 4.34. The van der Waals surface area contributed by atoms with E-state index in [1.165, 1.54) is 51.4 Å². The molecule has 2 rings (SSSR count). The van der Waals surface area contributed by atoms with Gasteiger partial charge in [-0.2, -0.15) is 0 Å². The van der Waals surface area contributed by atoms with Crippen molar-refractivity contribution in [2.45, 2.75) is 115 Å². The average molecular weight is 837 g/mol. The molecule has 2 amide bonds. The number of carbonyl (C=O) groups excluding carboxylic acids is 2. The summed E-state index contributed by atoms with van der Waals surface area (Å²) in [5.74, 6) is -0.0378. The Bertz CT molecular complexity index is 802. The summed E-state index contributed by atoms with van der Waals surface area (Å²) in [5, 5.41) is 5.92. The highest BCUT2D eigenvalue weighted by Gasteiger charge is 2.15. The number of nitrogens with one attached hydrogen (secondary N) is 2. The van der Waals surface area contributed by atoms with Crippen LogP contribution in [0, 0.1) is 0 Å². The molecule has 0 saturated carbocycles. The van der Waals surface area contributed by atoms with Crippen molar-refractivity contribution >= 4 is 11.8 Å². The van der Waals surface area contributed by atoms with E-state index in [9.17, 15) is 9.59 Å². The first-order chi connectivity index (χ1) is 28.7. The van der Waals surface area contributed by atoms with Gasteiger partial charge in [0.15, 0.2) is 12.5 Å². The minimum atomic E-state index is -0.522. The van der Waals surface area contributed by atoms with E-state index in [0.29, 0.717) is 145 Å². The molecule has 0 aliphatic carbocycles. The molecule has 16 nitrogen and oxygen atoms in total. The van der Waals surface area contributed by atoms with Crippen LogP contribution in [0.1, 0.15) is 103 Å². The van der Waals surface area contributed by atoms with Crippen LogP contribution in [-0.2, 0) is 66.4 Å². The quantitative estimate of drug-likeness (QED) is 0.176. The Kier molecular flexibility index (Phi) is 38.2. The molecule has 16 heteroatoms. The van der Waals surface area contributed by atoms with Crippen LogP contribution in [-0.4, -0.2) is 170 Å². The Labute approximate surface area is 348 Å². The Morgan fingerprint density at radius 3 is 0.759 bits per heavy atom. The molecular weight excluding hydrogens is 756 g/mol. The Morgan fingerprint density at radius 1 is 0.293 bits per heavy atom. The van der Waals surface area contributed by atoms with Crippen LogP contribution >= 0.6 is 0 Å². The van der Waals surface area contributed by atoms with Crippen LogP contribution < -0.4 is 10.6 Å². The summed E-state index contributed by atoms with van der Waals surface area (Å²) < 4.78 is 67.0. The molecule has 0 bridgehead atoms. The van der Waals surface area contributed by atoms with E-state index in [1.54, 1.807) is 0 Å². The van der Waals surface area contributed by atoms with Crippen molar-refractivity contribution in [1.29, 1.82) is 0 Å². The maximum atomic E-state index is 12.6. The minimum absolute atomic E-state index is 0.0189. The van der Waals surface area contributed by atoms with Crippen molar-refractivity contribution < 1.29 is 66.4 Å². The third-order valence-corrected chi connectivity index (χ3v) is 9.31. The average Bonchev–Trinajstić information content (AvgIpc) is 3.22. The molecule has 342 valence electrons. The molecular formula is C42H80N2O14. The fourth-order valence-corrected chi connectivity index (χ4v) is 6.10. The zero-order valence-electron chi connectivity index (χ0n) is 35.7. The number of unbranched alkanes of at least 4 members (excludes halogenated alkanes) is 13. The number of hydrogen-bond acceptors (Lipinski definition) is 14. The molecule has 0 spiro atoms. The largest absolute Gasteiger partial charge is 0.377 e. The molecule has 2 aliphatic heterocycles. The molecule has 2 aliphatic rings. The number of amides is 2. The number of ether oxygens (including phenoxy) is 12. The van der Waals surface area contributed by atoms with Crippen molar-refractivity contribution in [3.63, 3.8) is 0 Å². The van der Waals surface area contributed by atoms with Gasteiger partial charge in [0.25, 0.3) is 0 Å². The van der Waals surface area contributed by atoms with Crippen LogP contribution in [0.25, 0.3) is 0 Å². The van der Waals surface area contributed by atoms with Gasteiger partial charge in [0, 0.05) is 12.8 Å². The SMILES string of the molecule is O=C(CCCCCCCCCCCCCCCCC(=O)NC1COCCOCCOCCOCCOCCO1)NC1COCCOCCOCCOCCOCCO1. The van der Waals surface area contributed by atoms with Gasteiger partial charge < -0.3 is 67.5 Å². The highest BCUT2D eigenvalue weighted by Crippen LogP contribution is 2.14. The van der Waals surface area contributed by atoms with Gasteiger partial charge >= 0.3 is 0 Å². The Balaban J connectivity index is 1.40. The van der Waals surface area contributed by atoms with Crippen molar-refractivity contribution in [3.05, 3.63) is 0 Å². The van der Waals surface area contributed by atoms with E-state index < -0.39 is 12.5 Å². The summed E-state index contributed by atoms with van der Waals surface area (Å²) in [6.45, 7) is 9.85. The zero-order chi connectivity index (χ0) is 41.1. The number of hydrogen-bond donors (Lipinski definition) is 2. The van der Waals surface area contributed by atoms with Gasteiger partial charge in [0.1, 0.15) is 0 Å². The molecule has 2 fully saturated rings. The second kappa shape index (κ2) is 42.2. The minimum Gasteiger partial charge on any atom is -0.377 e. The highest BCUT2D eigenvalue weighted by molar-refractivity contribution is 5.76. The van der Waals surface area contributed by atoms with Gasteiger partial charge in [0.05, 0.1) is 145 Å². The van der Waals surface area contributed by atoms with Crippen molar-refractivity contribution in [2.24, 2.45) is 0 Å². The summed E-state index contributed by atoms with van der Waals surface area (Å²) in [6.07, 6.45) is 16.1.